The molecule has 6 nitrogen and oxygen atoms in total. The summed E-state index contributed by atoms with van der Waals surface area (Å²) in [5.41, 5.74) is 2.27. The number of carbonyl (C=O) groups is 1. The van der Waals surface area contributed by atoms with Gasteiger partial charge in [0.25, 0.3) is 0 Å². The van der Waals surface area contributed by atoms with Crippen LogP contribution in [0.15, 0.2) is 6.20 Å². The Bertz CT molecular complexity index is 498. The number of methoxy groups -OCH3 is 1. The average Bonchev–Trinajstić information content (AvgIpc) is 2.74. The lowest BCUT2D eigenvalue weighted by Crippen LogP contribution is -2.38. The zero-order valence-electron chi connectivity index (χ0n) is 14.2. The summed E-state index contributed by atoms with van der Waals surface area (Å²) < 4.78 is 7.07. The van der Waals surface area contributed by atoms with E-state index in [1.54, 1.807) is 7.11 Å². The second kappa shape index (κ2) is 7.74. The molecule has 1 aromatic heterocycles. The molecule has 0 spiro atoms. The summed E-state index contributed by atoms with van der Waals surface area (Å²) >= 11 is 0. The number of hydrogen-bond acceptors (Lipinski definition) is 4. The summed E-state index contributed by atoms with van der Waals surface area (Å²) in [6.07, 6.45) is 3.12. The largest absolute Gasteiger partial charge is 0.383 e. The molecule has 1 saturated heterocycles. The molecular formula is C16H28N4O2. The molecule has 0 N–H and O–H groups in total. The molecule has 1 aromatic rings. The third-order valence-electron chi connectivity index (χ3n) is 4.12. The van der Waals surface area contributed by atoms with Crippen LogP contribution in [0.3, 0.4) is 0 Å². The van der Waals surface area contributed by atoms with E-state index in [-0.39, 0.29) is 5.91 Å². The Morgan fingerprint density at radius 1 is 1.36 bits per heavy atom. The van der Waals surface area contributed by atoms with Crippen LogP contribution in [0.5, 0.6) is 0 Å². The first kappa shape index (κ1) is 17.0. The van der Waals surface area contributed by atoms with Crippen LogP contribution < -0.4 is 0 Å². The molecule has 22 heavy (non-hydrogen) atoms. The van der Waals surface area contributed by atoms with Gasteiger partial charge in [0.15, 0.2) is 0 Å². The molecule has 0 aromatic carbocycles. The number of aromatic nitrogens is 2. The van der Waals surface area contributed by atoms with Gasteiger partial charge in [0.1, 0.15) is 0 Å². The van der Waals surface area contributed by atoms with Crippen molar-refractivity contribution in [3.8, 4) is 0 Å². The van der Waals surface area contributed by atoms with Crippen molar-refractivity contribution in [3.05, 3.63) is 17.5 Å². The van der Waals surface area contributed by atoms with E-state index in [0.717, 1.165) is 31.7 Å². The van der Waals surface area contributed by atoms with Crippen molar-refractivity contribution < 1.29 is 9.53 Å². The lowest BCUT2D eigenvalue weighted by atomic mass is 10.2. The highest BCUT2D eigenvalue weighted by Crippen LogP contribution is 2.15. The molecule has 0 saturated carbocycles. The molecule has 0 radical (unpaired) electrons. The Balaban J connectivity index is 1.97. The van der Waals surface area contributed by atoms with Crippen molar-refractivity contribution >= 4 is 5.91 Å². The molecule has 6 heteroatoms. The third kappa shape index (κ3) is 4.30. The first-order valence-corrected chi connectivity index (χ1v) is 8.05. The number of nitrogens with zero attached hydrogens (tertiary/aromatic N) is 4. The predicted molar refractivity (Wildman–Crippen MR) is 85.7 cm³/mol. The Hall–Kier alpha value is -1.40. The molecule has 0 bridgehead atoms. The summed E-state index contributed by atoms with van der Waals surface area (Å²) in [7, 11) is 1.67. The van der Waals surface area contributed by atoms with E-state index in [1.807, 2.05) is 16.5 Å². The van der Waals surface area contributed by atoms with Gasteiger partial charge in [0.05, 0.1) is 18.8 Å². The summed E-state index contributed by atoms with van der Waals surface area (Å²) in [6.45, 7) is 10.6. The second-order valence-electron chi connectivity index (χ2n) is 6.25. The molecule has 2 heterocycles. The number of hydrogen-bond donors (Lipinski definition) is 0. The molecule has 2 rings (SSSR count). The van der Waals surface area contributed by atoms with Crippen LogP contribution in [-0.2, 0) is 16.1 Å². The molecule has 0 aliphatic carbocycles. The van der Waals surface area contributed by atoms with Crippen LogP contribution in [0.1, 0.15) is 37.6 Å². The standard InChI is InChI=1S/C16H28N4O2/c1-13(2)20-11-15(14(3)17-20)10-18-6-5-7-19(8-9-22-4)16(21)12-18/h11,13H,5-10,12H2,1-4H3. The van der Waals surface area contributed by atoms with Gasteiger partial charge in [-0.2, -0.15) is 5.10 Å². The van der Waals surface area contributed by atoms with Crippen LogP contribution in [0, 0.1) is 6.92 Å². The van der Waals surface area contributed by atoms with Crippen molar-refractivity contribution in [1.29, 1.82) is 0 Å². The van der Waals surface area contributed by atoms with Crippen molar-refractivity contribution in [2.75, 3.05) is 39.9 Å². The zero-order valence-corrected chi connectivity index (χ0v) is 14.2. The maximum Gasteiger partial charge on any atom is 0.236 e. The van der Waals surface area contributed by atoms with E-state index in [0.29, 0.717) is 25.7 Å². The van der Waals surface area contributed by atoms with Crippen molar-refractivity contribution in [3.63, 3.8) is 0 Å². The van der Waals surface area contributed by atoms with Crippen molar-refractivity contribution in [2.45, 2.75) is 39.8 Å². The highest BCUT2D eigenvalue weighted by atomic mass is 16.5. The predicted octanol–water partition coefficient (Wildman–Crippen LogP) is 1.45. The fraction of sp³-hybridized carbons (Fsp3) is 0.750. The number of rotatable bonds is 6. The molecule has 1 fully saturated rings. The molecule has 0 atom stereocenters. The van der Waals surface area contributed by atoms with E-state index >= 15 is 0 Å². The Morgan fingerprint density at radius 3 is 2.77 bits per heavy atom. The highest BCUT2D eigenvalue weighted by Gasteiger charge is 2.22. The first-order chi connectivity index (χ1) is 10.5. The van der Waals surface area contributed by atoms with Crippen LogP contribution in [-0.4, -0.2) is 65.4 Å². The number of carbonyl (C=O) groups excluding carboxylic acids is 1. The SMILES string of the molecule is COCCN1CCCN(Cc2cn(C(C)C)nc2C)CC1=O. The van der Waals surface area contributed by atoms with E-state index < -0.39 is 0 Å². The number of aryl methyl sites for hydroxylation is 1. The fourth-order valence-electron chi connectivity index (χ4n) is 2.73. The maximum absolute atomic E-state index is 12.3. The Labute approximate surface area is 133 Å². The molecule has 124 valence electrons. The monoisotopic (exact) mass is 308 g/mol. The van der Waals surface area contributed by atoms with Crippen LogP contribution in [0.2, 0.25) is 0 Å². The summed E-state index contributed by atoms with van der Waals surface area (Å²) in [4.78, 5) is 16.5. The normalized spacial score (nSPS) is 17.3. The van der Waals surface area contributed by atoms with E-state index in [9.17, 15) is 4.79 Å². The van der Waals surface area contributed by atoms with E-state index in [2.05, 4.69) is 30.0 Å². The zero-order chi connectivity index (χ0) is 16.1. The quantitative estimate of drug-likeness (QED) is 0.798. The summed E-state index contributed by atoms with van der Waals surface area (Å²) in [5.74, 6) is 0.198. The van der Waals surface area contributed by atoms with Gasteiger partial charge in [0.2, 0.25) is 5.91 Å². The smallest absolute Gasteiger partial charge is 0.236 e. The lowest BCUT2D eigenvalue weighted by Gasteiger charge is -2.21. The van der Waals surface area contributed by atoms with Crippen molar-refractivity contribution in [1.82, 2.24) is 19.6 Å². The first-order valence-electron chi connectivity index (χ1n) is 8.05. The Morgan fingerprint density at radius 2 is 2.14 bits per heavy atom. The van der Waals surface area contributed by atoms with Crippen LogP contribution in [0.25, 0.3) is 0 Å². The van der Waals surface area contributed by atoms with Gasteiger partial charge in [0, 0.05) is 51.1 Å². The van der Waals surface area contributed by atoms with Gasteiger partial charge in [-0.1, -0.05) is 0 Å². The molecule has 1 aliphatic heterocycles. The van der Waals surface area contributed by atoms with Gasteiger partial charge in [-0.3, -0.25) is 14.4 Å². The van der Waals surface area contributed by atoms with Gasteiger partial charge >= 0.3 is 0 Å². The minimum Gasteiger partial charge on any atom is -0.383 e. The van der Waals surface area contributed by atoms with Gasteiger partial charge in [-0.05, 0) is 27.2 Å². The molecule has 1 amide bonds. The van der Waals surface area contributed by atoms with E-state index in [1.165, 1.54) is 5.56 Å². The second-order valence-corrected chi connectivity index (χ2v) is 6.25. The molecule has 0 unspecified atom stereocenters. The molecule has 1 aliphatic rings. The van der Waals surface area contributed by atoms with E-state index in [4.69, 9.17) is 4.74 Å². The third-order valence-corrected chi connectivity index (χ3v) is 4.12. The summed E-state index contributed by atoms with van der Waals surface area (Å²) in [5, 5.41) is 4.55. The van der Waals surface area contributed by atoms with Crippen LogP contribution >= 0.6 is 0 Å². The van der Waals surface area contributed by atoms with Gasteiger partial charge < -0.3 is 9.64 Å². The van der Waals surface area contributed by atoms with Crippen LogP contribution in [0.4, 0.5) is 0 Å². The topological polar surface area (TPSA) is 50.6 Å². The fourth-order valence-corrected chi connectivity index (χ4v) is 2.73. The lowest BCUT2D eigenvalue weighted by molar-refractivity contribution is -0.131. The number of ether oxygens (including phenoxy) is 1. The average molecular weight is 308 g/mol. The minimum absolute atomic E-state index is 0.198. The number of amides is 1. The highest BCUT2D eigenvalue weighted by molar-refractivity contribution is 5.78. The van der Waals surface area contributed by atoms with Gasteiger partial charge in [-0.15, -0.1) is 0 Å². The van der Waals surface area contributed by atoms with Crippen molar-refractivity contribution in [2.24, 2.45) is 0 Å². The molecular weight excluding hydrogens is 280 g/mol. The van der Waals surface area contributed by atoms with Gasteiger partial charge in [-0.25, -0.2) is 0 Å². The minimum atomic E-state index is 0.198. The summed E-state index contributed by atoms with van der Waals surface area (Å²) in [6, 6.07) is 0.364. The maximum atomic E-state index is 12.3. The Kier molecular flexibility index (Phi) is 5.97.